The summed E-state index contributed by atoms with van der Waals surface area (Å²) >= 11 is 6.00. The first kappa shape index (κ1) is 23.3. The monoisotopic (exact) mass is 438 g/mol. The molecule has 3 aromatic rings. The highest BCUT2D eigenvalue weighted by Crippen LogP contribution is 2.18. The molecule has 0 aliphatic heterocycles. The van der Waals surface area contributed by atoms with Crippen LogP contribution in [-0.4, -0.2) is 30.8 Å². The molecule has 0 spiro atoms. The van der Waals surface area contributed by atoms with Crippen LogP contribution in [0.15, 0.2) is 78.9 Å². The van der Waals surface area contributed by atoms with Crippen molar-refractivity contribution in [1.29, 1.82) is 0 Å². The highest BCUT2D eigenvalue weighted by molar-refractivity contribution is 6.30. The number of aliphatic hydroxyl groups is 1. The number of benzene rings is 3. The van der Waals surface area contributed by atoms with E-state index in [0.29, 0.717) is 18.2 Å². The lowest BCUT2D eigenvalue weighted by Crippen LogP contribution is -2.32. The van der Waals surface area contributed by atoms with Gasteiger partial charge in [-0.05, 0) is 54.3 Å². The molecule has 2 atom stereocenters. The van der Waals surface area contributed by atoms with Gasteiger partial charge in [-0.3, -0.25) is 0 Å². The van der Waals surface area contributed by atoms with E-state index in [4.69, 9.17) is 16.3 Å². The van der Waals surface area contributed by atoms with Crippen LogP contribution < -0.4 is 15.4 Å². The molecule has 0 saturated heterocycles. The van der Waals surface area contributed by atoms with E-state index in [2.05, 4.69) is 41.8 Å². The highest BCUT2D eigenvalue weighted by Gasteiger charge is 2.10. The SMILES string of the molecule is CC(Cc1ccc(OCCNCc2ccccc2)cc1)NCC(O)c1cccc(Cl)c1. The summed E-state index contributed by atoms with van der Waals surface area (Å²) in [6.07, 6.45) is 0.300. The van der Waals surface area contributed by atoms with Crippen LogP contribution in [-0.2, 0) is 13.0 Å². The second-order valence-corrected chi connectivity index (χ2v) is 8.18. The van der Waals surface area contributed by atoms with E-state index < -0.39 is 6.10 Å². The maximum Gasteiger partial charge on any atom is 0.119 e. The number of aliphatic hydroxyl groups excluding tert-OH is 1. The van der Waals surface area contributed by atoms with E-state index in [1.54, 1.807) is 6.07 Å². The maximum absolute atomic E-state index is 10.3. The van der Waals surface area contributed by atoms with Gasteiger partial charge in [-0.1, -0.05) is 66.2 Å². The van der Waals surface area contributed by atoms with Crippen molar-refractivity contribution < 1.29 is 9.84 Å². The van der Waals surface area contributed by atoms with Crippen molar-refractivity contribution in [2.75, 3.05) is 19.7 Å². The first-order valence-corrected chi connectivity index (χ1v) is 11.1. The fourth-order valence-corrected chi connectivity index (χ4v) is 3.56. The average molecular weight is 439 g/mol. The molecule has 0 aromatic heterocycles. The van der Waals surface area contributed by atoms with Gasteiger partial charge in [0.05, 0.1) is 6.10 Å². The van der Waals surface area contributed by atoms with Crippen molar-refractivity contribution in [3.63, 3.8) is 0 Å². The summed E-state index contributed by atoms with van der Waals surface area (Å²) in [4.78, 5) is 0. The summed E-state index contributed by atoms with van der Waals surface area (Å²) in [5.41, 5.74) is 3.33. The van der Waals surface area contributed by atoms with Crippen molar-refractivity contribution in [3.05, 3.63) is 101 Å². The molecule has 3 aromatic carbocycles. The lowest BCUT2D eigenvalue weighted by atomic mass is 10.1. The molecule has 0 amide bonds. The Hall–Kier alpha value is -2.37. The fourth-order valence-electron chi connectivity index (χ4n) is 3.36. The van der Waals surface area contributed by atoms with E-state index in [0.717, 1.165) is 30.8 Å². The van der Waals surface area contributed by atoms with Gasteiger partial charge in [0, 0.05) is 30.7 Å². The summed E-state index contributed by atoms with van der Waals surface area (Å²) in [6, 6.07) is 26.2. The van der Waals surface area contributed by atoms with Gasteiger partial charge in [0.15, 0.2) is 0 Å². The van der Waals surface area contributed by atoms with Crippen LogP contribution in [0.25, 0.3) is 0 Å². The first-order valence-electron chi connectivity index (χ1n) is 10.7. The molecule has 0 aliphatic rings. The van der Waals surface area contributed by atoms with Crippen molar-refractivity contribution in [3.8, 4) is 5.75 Å². The molecule has 3 N–H and O–H groups in total. The molecule has 0 radical (unpaired) electrons. The Kier molecular flexibility index (Phi) is 9.38. The molecule has 5 heteroatoms. The Labute approximate surface area is 190 Å². The number of hydrogen-bond acceptors (Lipinski definition) is 4. The minimum absolute atomic E-state index is 0.239. The van der Waals surface area contributed by atoms with Crippen LogP contribution in [0.5, 0.6) is 5.75 Å². The summed E-state index contributed by atoms with van der Waals surface area (Å²) in [5.74, 6) is 0.877. The predicted octanol–water partition coefficient (Wildman–Crippen LogP) is 4.76. The molecule has 0 fully saturated rings. The number of hydrogen-bond donors (Lipinski definition) is 3. The Morgan fingerprint density at radius 2 is 1.71 bits per heavy atom. The zero-order chi connectivity index (χ0) is 21.9. The van der Waals surface area contributed by atoms with Crippen molar-refractivity contribution >= 4 is 11.6 Å². The number of ether oxygens (including phenoxy) is 1. The van der Waals surface area contributed by atoms with Gasteiger partial charge in [0.1, 0.15) is 12.4 Å². The standard InChI is InChI=1S/C26H31ClN2O2/c1-20(29-19-26(30)23-8-5-9-24(27)17-23)16-21-10-12-25(13-11-21)31-15-14-28-18-22-6-3-2-4-7-22/h2-13,17,20,26,28-30H,14-16,18-19H2,1H3. The minimum Gasteiger partial charge on any atom is -0.492 e. The molecule has 3 rings (SSSR count). The summed E-state index contributed by atoms with van der Waals surface area (Å²) in [7, 11) is 0. The highest BCUT2D eigenvalue weighted by atomic mass is 35.5. The number of rotatable bonds is 12. The molecular weight excluding hydrogens is 408 g/mol. The molecule has 2 unspecified atom stereocenters. The Balaban J connectivity index is 1.33. The quantitative estimate of drug-likeness (QED) is 0.357. The molecule has 31 heavy (non-hydrogen) atoms. The Morgan fingerprint density at radius 3 is 2.45 bits per heavy atom. The van der Waals surface area contributed by atoms with E-state index in [1.807, 2.05) is 48.5 Å². The van der Waals surface area contributed by atoms with Crippen molar-refractivity contribution in [2.45, 2.75) is 32.0 Å². The zero-order valence-corrected chi connectivity index (χ0v) is 18.7. The van der Waals surface area contributed by atoms with E-state index in [-0.39, 0.29) is 6.04 Å². The largest absolute Gasteiger partial charge is 0.492 e. The molecule has 4 nitrogen and oxygen atoms in total. The fraction of sp³-hybridized carbons (Fsp3) is 0.308. The Bertz CT molecular complexity index is 903. The predicted molar refractivity (Wildman–Crippen MR) is 128 cm³/mol. The number of nitrogens with one attached hydrogen (secondary N) is 2. The lowest BCUT2D eigenvalue weighted by molar-refractivity contribution is 0.170. The zero-order valence-electron chi connectivity index (χ0n) is 17.9. The third-order valence-electron chi connectivity index (χ3n) is 5.08. The van der Waals surface area contributed by atoms with Gasteiger partial charge in [-0.2, -0.15) is 0 Å². The molecule has 0 aliphatic carbocycles. The minimum atomic E-state index is -0.576. The molecule has 0 heterocycles. The van der Waals surface area contributed by atoms with E-state index in [1.165, 1.54) is 11.1 Å². The van der Waals surface area contributed by atoms with Gasteiger partial charge >= 0.3 is 0 Å². The Morgan fingerprint density at radius 1 is 0.935 bits per heavy atom. The normalized spacial score (nSPS) is 13.0. The smallest absolute Gasteiger partial charge is 0.119 e. The van der Waals surface area contributed by atoms with Crippen molar-refractivity contribution in [1.82, 2.24) is 10.6 Å². The van der Waals surface area contributed by atoms with Crippen LogP contribution in [0.1, 0.15) is 29.7 Å². The molecule has 0 saturated carbocycles. The molecular formula is C26H31ClN2O2. The third-order valence-corrected chi connectivity index (χ3v) is 5.31. The number of halogens is 1. The van der Waals surface area contributed by atoms with Gasteiger partial charge in [-0.15, -0.1) is 0 Å². The summed E-state index contributed by atoms with van der Waals surface area (Å²) in [5, 5.41) is 17.8. The molecule has 164 valence electrons. The van der Waals surface area contributed by atoms with Crippen molar-refractivity contribution in [2.24, 2.45) is 0 Å². The van der Waals surface area contributed by atoms with Gasteiger partial charge < -0.3 is 20.5 Å². The maximum atomic E-state index is 10.3. The first-order chi connectivity index (χ1) is 15.1. The topological polar surface area (TPSA) is 53.5 Å². The summed E-state index contributed by atoms with van der Waals surface area (Å²) in [6.45, 7) is 4.88. The van der Waals surface area contributed by atoms with Crippen LogP contribution in [0.3, 0.4) is 0 Å². The van der Waals surface area contributed by atoms with Crippen LogP contribution in [0, 0.1) is 0 Å². The average Bonchev–Trinajstić information content (AvgIpc) is 2.79. The summed E-state index contributed by atoms with van der Waals surface area (Å²) < 4.78 is 5.82. The van der Waals surface area contributed by atoms with Gasteiger partial charge in [-0.25, -0.2) is 0 Å². The third kappa shape index (κ3) is 8.35. The lowest BCUT2D eigenvalue weighted by Gasteiger charge is -2.18. The van der Waals surface area contributed by atoms with Crippen LogP contribution in [0.2, 0.25) is 5.02 Å². The second kappa shape index (κ2) is 12.5. The molecule has 0 bridgehead atoms. The van der Waals surface area contributed by atoms with Gasteiger partial charge in [0.25, 0.3) is 0 Å². The van der Waals surface area contributed by atoms with Crippen LogP contribution >= 0.6 is 11.6 Å². The van der Waals surface area contributed by atoms with Crippen LogP contribution in [0.4, 0.5) is 0 Å². The second-order valence-electron chi connectivity index (χ2n) is 7.74. The van der Waals surface area contributed by atoms with E-state index in [9.17, 15) is 5.11 Å². The van der Waals surface area contributed by atoms with Gasteiger partial charge in [0.2, 0.25) is 0 Å². The van der Waals surface area contributed by atoms with E-state index >= 15 is 0 Å².